The van der Waals surface area contributed by atoms with Crippen molar-refractivity contribution in [3.63, 3.8) is 0 Å². The van der Waals surface area contributed by atoms with Crippen LogP contribution in [0.3, 0.4) is 0 Å². The van der Waals surface area contributed by atoms with Gasteiger partial charge >= 0.3 is 12.3 Å². The number of nitrogens with one attached hydrogen (secondary N) is 2. The SMILES string of the molecule is Cc1c(C(=O)NC2CCC2)cc(-c2ccc(S(=O)(=O)NCC(F)(F)F)c3ccccc23)n1CC1CCCCC1.O=C=O. The zero-order valence-electron chi connectivity index (χ0n) is 23.3. The molecule has 0 spiro atoms. The Bertz CT molecular complexity index is 1570. The molecule has 2 aromatic carbocycles. The first kappa shape index (κ1) is 31.5. The molecule has 2 aliphatic rings. The van der Waals surface area contributed by atoms with Crippen molar-refractivity contribution in [1.82, 2.24) is 14.6 Å². The van der Waals surface area contributed by atoms with Crippen LogP contribution in [0.4, 0.5) is 13.2 Å². The molecule has 0 bridgehead atoms. The maximum absolute atomic E-state index is 13.3. The van der Waals surface area contributed by atoms with Crippen molar-refractivity contribution in [1.29, 1.82) is 0 Å². The first-order valence-corrected chi connectivity index (χ1v) is 15.5. The van der Waals surface area contributed by atoms with Crippen molar-refractivity contribution in [3.8, 4) is 11.3 Å². The van der Waals surface area contributed by atoms with Gasteiger partial charge in [-0.05, 0) is 62.5 Å². The Morgan fingerprint density at radius 3 is 2.21 bits per heavy atom. The van der Waals surface area contributed by atoms with Crippen LogP contribution in [0, 0.1) is 12.8 Å². The minimum Gasteiger partial charge on any atom is -0.349 e. The second-order valence-corrected chi connectivity index (χ2v) is 12.7. The van der Waals surface area contributed by atoms with Gasteiger partial charge in [-0.1, -0.05) is 49.6 Å². The quantitative estimate of drug-likeness (QED) is 0.340. The lowest BCUT2D eigenvalue weighted by Gasteiger charge is -2.26. The lowest BCUT2D eigenvalue weighted by molar-refractivity contribution is -0.191. The van der Waals surface area contributed by atoms with Gasteiger partial charge in [-0.15, -0.1) is 0 Å². The molecule has 0 atom stereocenters. The van der Waals surface area contributed by atoms with Crippen LogP contribution in [0.5, 0.6) is 0 Å². The number of carbonyl (C=O) groups excluding carboxylic acids is 3. The Hall–Kier alpha value is -3.47. The highest BCUT2D eigenvalue weighted by atomic mass is 32.2. The number of hydrogen-bond acceptors (Lipinski definition) is 5. The molecule has 3 aromatic rings. The highest BCUT2D eigenvalue weighted by Gasteiger charge is 2.31. The lowest BCUT2D eigenvalue weighted by Crippen LogP contribution is -2.39. The van der Waals surface area contributed by atoms with Crippen LogP contribution in [0.25, 0.3) is 22.0 Å². The zero-order valence-corrected chi connectivity index (χ0v) is 24.1. The summed E-state index contributed by atoms with van der Waals surface area (Å²) in [6, 6.07) is 11.9. The summed E-state index contributed by atoms with van der Waals surface area (Å²) in [5, 5.41) is 4.05. The number of benzene rings is 2. The molecule has 0 unspecified atom stereocenters. The summed E-state index contributed by atoms with van der Waals surface area (Å²) in [6.07, 6.45) is 4.45. The second-order valence-electron chi connectivity index (χ2n) is 10.9. The number of alkyl halides is 3. The minimum atomic E-state index is -4.67. The molecule has 0 aliphatic heterocycles. The maximum atomic E-state index is 13.3. The van der Waals surface area contributed by atoms with E-state index in [1.165, 1.54) is 25.3 Å². The van der Waals surface area contributed by atoms with Crippen molar-refractivity contribution < 1.29 is 36.0 Å². The van der Waals surface area contributed by atoms with E-state index in [1.807, 2.05) is 13.0 Å². The van der Waals surface area contributed by atoms with E-state index in [9.17, 15) is 26.4 Å². The molecule has 226 valence electrons. The van der Waals surface area contributed by atoms with E-state index in [2.05, 4.69) is 9.88 Å². The fourth-order valence-electron chi connectivity index (χ4n) is 5.76. The van der Waals surface area contributed by atoms with Crippen LogP contribution in [0.1, 0.15) is 67.4 Å². The molecule has 8 nitrogen and oxygen atoms in total. The summed E-state index contributed by atoms with van der Waals surface area (Å²) in [6.45, 7) is 1.05. The van der Waals surface area contributed by atoms with Gasteiger partial charge in [0.05, 0.1) is 10.5 Å². The van der Waals surface area contributed by atoms with Gasteiger partial charge in [0.15, 0.2) is 0 Å². The molecule has 0 saturated heterocycles. The normalized spacial score (nSPS) is 16.3. The summed E-state index contributed by atoms with van der Waals surface area (Å²) >= 11 is 0. The summed E-state index contributed by atoms with van der Waals surface area (Å²) in [4.78, 5) is 29.3. The largest absolute Gasteiger partial charge is 0.402 e. The molecule has 0 radical (unpaired) electrons. The Balaban J connectivity index is 0.00000129. The van der Waals surface area contributed by atoms with Crippen LogP contribution < -0.4 is 10.0 Å². The van der Waals surface area contributed by atoms with Crippen molar-refractivity contribution >= 4 is 32.9 Å². The maximum Gasteiger partial charge on any atom is 0.402 e. The van der Waals surface area contributed by atoms with Crippen molar-refractivity contribution in [2.24, 2.45) is 5.92 Å². The third-order valence-corrected chi connectivity index (χ3v) is 9.59. The fraction of sp³-hybridized carbons (Fsp3) is 0.467. The summed E-state index contributed by atoms with van der Waals surface area (Å²) in [5.41, 5.74) is 3.00. The predicted molar refractivity (Wildman–Crippen MR) is 150 cm³/mol. The third-order valence-electron chi connectivity index (χ3n) is 8.13. The predicted octanol–water partition coefficient (Wildman–Crippen LogP) is 5.74. The average Bonchev–Trinajstić information content (AvgIpc) is 3.25. The van der Waals surface area contributed by atoms with Gasteiger partial charge < -0.3 is 9.88 Å². The Morgan fingerprint density at radius 2 is 1.62 bits per heavy atom. The topological polar surface area (TPSA) is 114 Å². The number of nitrogens with zero attached hydrogens (tertiary/aromatic N) is 1. The fourth-order valence-corrected chi connectivity index (χ4v) is 6.98. The van der Waals surface area contributed by atoms with Crippen LogP contribution in [0.15, 0.2) is 47.4 Å². The van der Waals surface area contributed by atoms with Gasteiger partial charge in [-0.2, -0.15) is 22.8 Å². The first-order valence-electron chi connectivity index (χ1n) is 14.0. The Morgan fingerprint density at radius 1 is 0.976 bits per heavy atom. The molecular formula is C30H34F3N3O5S. The first-order chi connectivity index (χ1) is 19.9. The minimum absolute atomic E-state index is 0.110. The van der Waals surface area contributed by atoms with E-state index in [-0.39, 0.29) is 23.0 Å². The molecule has 2 N–H and O–H groups in total. The van der Waals surface area contributed by atoms with Gasteiger partial charge in [0.2, 0.25) is 10.0 Å². The van der Waals surface area contributed by atoms with Crippen LogP contribution in [-0.2, 0) is 26.2 Å². The van der Waals surface area contributed by atoms with Crippen LogP contribution in [0.2, 0.25) is 0 Å². The van der Waals surface area contributed by atoms with E-state index in [0.29, 0.717) is 22.3 Å². The summed E-state index contributed by atoms with van der Waals surface area (Å²) < 4.78 is 68.0. The monoisotopic (exact) mass is 605 g/mol. The number of fused-ring (bicyclic) bond motifs is 1. The molecule has 42 heavy (non-hydrogen) atoms. The summed E-state index contributed by atoms with van der Waals surface area (Å²) in [5.74, 6) is 0.365. The number of aromatic nitrogens is 1. The van der Waals surface area contributed by atoms with Gasteiger partial charge in [-0.25, -0.2) is 13.1 Å². The highest BCUT2D eigenvalue weighted by molar-refractivity contribution is 7.89. The highest BCUT2D eigenvalue weighted by Crippen LogP contribution is 2.37. The molecule has 2 fully saturated rings. The molecule has 1 amide bonds. The number of carbonyl (C=O) groups is 1. The number of rotatable bonds is 8. The van der Waals surface area contributed by atoms with E-state index < -0.39 is 22.7 Å². The molecule has 2 aliphatic carbocycles. The van der Waals surface area contributed by atoms with Crippen LogP contribution in [-0.4, -0.2) is 43.8 Å². The number of amides is 1. The van der Waals surface area contributed by atoms with E-state index in [0.717, 1.165) is 55.6 Å². The van der Waals surface area contributed by atoms with E-state index in [1.54, 1.807) is 35.1 Å². The molecule has 1 aromatic heterocycles. The van der Waals surface area contributed by atoms with E-state index in [4.69, 9.17) is 9.59 Å². The molecular weight excluding hydrogens is 571 g/mol. The standard InChI is InChI=1S/C29H34F3N3O3S.CO2/c1-19-25(28(36)34-21-10-7-11-21)16-26(35(19)17-20-8-3-2-4-9-20)23-14-15-27(24-13-6-5-12-22(23)24)39(37,38)33-18-29(30,31)32;2-1-3/h5-6,12-16,20-21,33H,2-4,7-11,17-18H2,1H3,(H,34,36);. The van der Waals surface area contributed by atoms with Gasteiger partial charge in [0.25, 0.3) is 5.91 Å². The number of sulfonamides is 1. The van der Waals surface area contributed by atoms with Crippen molar-refractivity contribution in [3.05, 3.63) is 53.7 Å². The Kier molecular flexibility index (Phi) is 9.91. The summed E-state index contributed by atoms with van der Waals surface area (Å²) in [7, 11) is -4.42. The Labute approximate surface area is 242 Å². The van der Waals surface area contributed by atoms with E-state index >= 15 is 0 Å². The van der Waals surface area contributed by atoms with Gasteiger partial charge in [0.1, 0.15) is 6.54 Å². The smallest absolute Gasteiger partial charge is 0.349 e. The van der Waals surface area contributed by atoms with Gasteiger partial charge in [0, 0.05) is 34.9 Å². The molecule has 5 rings (SSSR count). The molecule has 2 saturated carbocycles. The second kappa shape index (κ2) is 13.2. The lowest BCUT2D eigenvalue weighted by atomic mass is 9.89. The average molecular weight is 606 g/mol. The number of hydrogen-bond donors (Lipinski definition) is 2. The molecule has 1 heterocycles. The van der Waals surface area contributed by atoms with Crippen molar-refractivity contribution in [2.75, 3.05) is 6.54 Å². The zero-order chi connectivity index (χ0) is 30.5. The molecule has 12 heteroatoms. The van der Waals surface area contributed by atoms with Crippen molar-refractivity contribution in [2.45, 2.75) is 81.9 Å². The number of halogens is 3. The third kappa shape index (κ3) is 7.29. The van der Waals surface area contributed by atoms with Gasteiger partial charge in [-0.3, -0.25) is 4.79 Å². The van der Waals surface area contributed by atoms with Crippen LogP contribution >= 0.6 is 0 Å².